The maximum Gasteiger partial charge on any atom is 0.404 e. The standard InChI is InChI=1S/C18H19N3O7S/c1-27-18(20-12(22)7-10-5-3-2-4-6-10)15(25)21-13(14(23)24)11(8-28-17(19)26)9-29-16(18)21/h2-6,16H,7-9H2,1H3,(H2,19,26)(H,20,22)(H,23,24)/t16-,18-/m0/s1. The fourth-order valence-corrected chi connectivity index (χ4v) is 4.67. The second-order valence-electron chi connectivity index (χ2n) is 6.35. The van der Waals surface area contributed by atoms with Gasteiger partial charge in [0.05, 0.1) is 6.42 Å². The van der Waals surface area contributed by atoms with Crippen LogP contribution in [-0.2, 0) is 30.3 Å². The molecule has 0 radical (unpaired) electrons. The molecule has 0 aromatic heterocycles. The zero-order chi connectivity index (χ0) is 21.2. The predicted octanol–water partition coefficient (Wildman–Crippen LogP) is 0.0371. The summed E-state index contributed by atoms with van der Waals surface area (Å²) >= 11 is 1.19. The average Bonchev–Trinajstić information content (AvgIpc) is 2.69. The monoisotopic (exact) mass is 421 g/mol. The zero-order valence-corrected chi connectivity index (χ0v) is 16.2. The molecule has 0 unspecified atom stereocenters. The van der Waals surface area contributed by atoms with Crippen LogP contribution in [0.1, 0.15) is 5.56 Å². The van der Waals surface area contributed by atoms with E-state index in [0.717, 1.165) is 10.5 Å². The molecule has 2 atom stereocenters. The minimum atomic E-state index is -1.67. The van der Waals surface area contributed by atoms with E-state index in [1.54, 1.807) is 24.3 Å². The first-order chi connectivity index (χ1) is 13.8. The number of hydrogen-bond acceptors (Lipinski definition) is 7. The summed E-state index contributed by atoms with van der Waals surface area (Å²) in [5.41, 5.74) is 3.94. The van der Waals surface area contributed by atoms with Crippen LogP contribution in [0.4, 0.5) is 4.79 Å². The normalized spacial score (nSPS) is 23.1. The van der Waals surface area contributed by atoms with Gasteiger partial charge in [-0.25, -0.2) is 9.59 Å². The van der Waals surface area contributed by atoms with Gasteiger partial charge in [0.2, 0.25) is 5.91 Å². The Morgan fingerprint density at radius 1 is 1.34 bits per heavy atom. The van der Waals surface area contributed by atoms with Crippen molar-refractivity contribution in [3.05, 3.63) is 47.2 Å². The Hall–Kier alpha value is -3.05. The van der Waals surface area contributed by atoms with E-state index >= 15 is 0 Å². The van der Waals surface area contributed by atoms with Gasteiger partial charge in [0.15, 0.2) is 0 Å². The SMILES string of the molecule is CO[C@@]1(NC(=O)Cc2ccccc2)C(=O)N2C(C(=O)O)=C(COC(N)=O)CS[C@H]21. The minimum absolute atomic E-state index is 0.0376. The highest BCUT2D eigenvalue weighted by atomic mass is 32.2. The topological polar surface area (TPSA) is 148 Å². The van der Waals surface area contributed by atoms with Gasteiger partial charge in [0.25, 0.3) is 11.6 Å². The van der Waals surface area contributed by atoms with Crippen molar-refractivity contribution in [2.75, 3.05) is 19.5 Å². The van der Waals surface area contributed by atoms with Crippen molar-refractivity contribution in [3.8, 4) is 0 Å². The van der Waals surface area contributed by atoms with Gasteiger partial charge in [-0.2, -0.15) is 0 Å². The number of amides is 3. The van der Waals surface area contributed by atoms with Crippen molar-refractivity contribution in [2.45, 2.75) is 17.5 Å². The summed E-state index contributed by atoms with van der Waals surface area (Å²) in [5.74, 6) is -2.35. The van der Waals surface area contributed by atoms with Crippen molar-refractivity contribution >= 4 is 35.6 Å². The van der Waals surface area contributed by atoms with Crippen LogP contribution in [0, 0.1) is 0 Å². The minimum Gasteiger partial charge on any atom is -0.477 e. The molecule has 0 spiro atoms. The van der Waals surface area contributed by atoms with Crippen molar-refractivity contribution in [1.82, 2.24) is 10.2 Å². The quantitative estimate of drug-likeness (QED) is 0.413. The Morgan fingerprint density at radius 3 is 2.62 bits per heavy atom. The van der Waals surface area contributed by atoms with Crippen LogP contribution in [0.25, 0.3) is 0 Å². The molecule has 2 aliphatic heterocycles. The highest BCUT2D eigenvalue weighted by Crippen LogP contribution is 2.46. The number of fused-ring (bicyclic) bond motifs is 1. The Labute approximate surface area is 170 Å². The summed E-state index contributed by atoms with van der Waals surface area (Å²) in [5, 5.41) is 11.4. The number of nitrogens with one attached hydrogen (secondary N) is 1. The molecular formula is C18H19N3O7S. The van der Waals surface area contributed by atoms with Gasteiger partial charge in [-0.15, -0.1) is 11.8 Å². The Kier molecular flexibility index (Phi) is 5.80. The first kappa shape index (κ1) is 20.7. The lowest BCUT2D eigenvalue weighted by Crippen LogP contribution is -2.80. The number of methoxy groups -OCH3 is 1. The number of aliphatic carboxylic acids is 1. The van der Waals surface area contributed by atoms with Crippen molar-refractivity contribution in [3.63, 3.8) is 0 Å². The molecule has 10 nitrogen and oxygen atoms in total. The first-order valence-electron chi connectivity index (χ1n) is 8.53. The molecule has 3 rings (SSSR count). The highest BCUT2D eigenvalue weighted by molar-refractivity contribution is 8.00. The number of ether oxygens (including phenoxy) is 2. The number of hydrogen-bond donors (Lipinski definition) is 3. The predicted molar refractivity (Wildman–Crippen MR) is 101 cm³/mol. The number of nitrogens with two attached hydrogens (primary N) is 1. The number of carboxylic acid groups (broad SMARTS) is 1. The van der Waals surface area contributed by atoms with Crippen LogP contribution in [0.5, 0.6) is 0 Å². The van der Waals surface area contributed by atoms with Crippen LogP contribution in [0.2, 0.25) is 0 Å². The third-order valence-electron chi connectivity index (χ3n) is 4.56. The van der Waals surface area contributed by atoms with Gasteiger partial charge in [0.1, 0.15) is 17.7 Å². The van der Waals surface area contributed by atoms with Crippen molar-refractivity contribution < 1.29 is 33.8 Å². The van der Waals surface area contributed by atoms with E-state index in [4.69, 9.17) is 10.5 Å². The van der Waals surface area contributed by atoms with Crippen LogP contribution < -0.4 is 11.1 Å². The van der Waals surface area contributed by atoms with Crippen LogP contribution in [0.15, 0.2) is 41.6 Å². The largest absolute Gasteiger partial charge is 0.477 e. The molecule has 11 heteroatoms. The third-order valence-corrected chi connectivity index (χ3v) is 5.93. The number of nitrogens with zero attached hydrogens (tertiary/aromatic N) is 1. The van der Waals surface area contributed by atoms with Crippen LogP contribution in [-0.4, -0.2) is 64.5 Å². The van der Waals surface area contributed by atoms with Crippen LogP contribution >= 0.6 is 11.8 Å². The molecule has 0 aliphatic carbocycles. The van der Waals surface area contributed by atoms with Crippen LogP contribution in [0.3, 0.4) is 0 Å². The second kappa shape index (κ2) is 8.13. The lowest BCUT2D eigenvalue weighted by molar-refractivity contribution is -0.192. The molecule has 1 aromatic carbocycles. The lowest BCUT2D eigenvalue weighted by Gasteiger charge is -2.55. The number of β-lactam (4-membered cyclic amide) rings is 1. The third kappa shape index (κ3) is 3.78. The number of carboxylic acids is 1. The fourth-order valence-electron chi connectivity index (χ4n) is 3.25. The van der Waals surface area contributed by atoms with Gasteiger partial charge in [-0.05, 0) is 5.56 Å². The van der Waals surface area contributed by atoms with E-state index in [-0.39, 0.29) is 30.1 Å². The van der Waals surface area contributed by atoms with Gasteiger partial charge >= 0.3 is 12.1 Å². The van der Waals surface area contributed by atoms with E-state index in [1.807, 2.05) is 6.07 Å². The number of benzene rings is 1. The Morgan fingerprint density at radius 2 is 2.03 bits per heavy atom. The molecule has 2 aliphatic rings. The van der Waals surface area contributed by atoms with E-state index in [2.05, 4.69) is 10.1 Å². The summed E-state index contributed by atoms with van der Waals surface area (Å²) in [7, 11) is 1.27. The van der Waals surface area contributed by atoms with E-state index in [0.29, 0.717) is 0 Å². The molecule has 29 heavy (non-hydrogen) atoms. The summed E-state index contributed by atoms with van der Waals surface area (Å²) in [4.78, 5) is 49.0. The maximum absolute atomic E-state index is 12.9. The molecule has 4 N–H and O–H groups in total. The van der Waals surface area contributed by atoms with Gasteiger partial charge in [-0.1, -0.05) is 30.3 Å². The second-order valence-corrected chi connectivity index (χ2v) is 7.42. The lowest BCUT2D eigenvalue weighted by atomic mass is 9.97. The molecule has 1 aromatic rings. The average molecular weight is 421 g/mol. The molecule has 0 saturated carbocycles. The maximum atomic E-state index is 12.9. The number of thioether (sulfide) groups is 1. The van der Waals surface area contributed by atoms with Gasteiger partial charge in [0, 0.05) is 18.4 Å². The van der Waals surface area contributed by atoms with Gasteiger partial charge in [-0.3, -0.25) is 14.5 Å². The van der Waals surface area contributed by atoms with E-state index < -0.39 is 35.0 Å². The molecule has 2 heterocycles. The number of rotatable bonds is 7. The molecule has 1 saturated heterocycles. The smallest absolute Gasteiger partial charge is 0.404 e. The summed E-state index contributed by atoms with van der Waals surface area (Å²) in [6.45, 7) is -0.346. The first-order valence-corrected chi connectivity index (χ1v) is 9.58. The Balaban J connectivity index is 1.80. The van der Waals surface area contributed by atoms with E-state index in [9.17, 15) is 24.3 Å². The Bertz CT molecular complexity index is 889. The molecular weight excluding hydrogens is 402 g/mol. The molecule has 154 valence electrons. The fraction of sp³-hybridized carbons (Fsp3) is 0.333. The number of carbonyl (C=O) groups is 4. The highest BCUT2D eigenvalue weighted by Gasteiger charge is 2.66. The molecule has 1 fully saturated rings. The zero-order valence-electron chi connectivity index (χ0n) is 15.4. The van der Waals surface area contributed by atoms with E-state index in [1.165, 1.54) is 18.9 Å². The summed E-state index contributed by atoms with van der Waals surface area (Å²) in [6, 6.07) is 8.96. The molecule has 3 amide bonds. The number of carbonyl (C=O) groups excluding carboxylic acids is 3. The summed E-state index contributed by atoms with van der Waals surface area (Å²) < 4.78 is 10.0. The number of primary amides is 1. The van der Waals surface area contributed by atoms with Crippen molar-refractivity contribution in [1.29, 1.82) is 0 Å². The van der Waals surface area contributed by atoms with Crippen molar-refractivity contribution in [2.24, 2.45) is 5.73 Å². The van der Waals surface area contributed by atoms with Gasteiger partial charge < -0.3 is 25.6 Å². The summed E-state index contributed by atoms with van der Waals surface area (Å²) in [6.07, 6.45) is -1.01. The molecule has 0 bridgehead atoms.